The highest BCUT2D eigenvalue weighted by atomic mass is 35.5. The van der Waals surface area contributed by atoms with Crippen LogP contribution in [0.15, 0.2) is 23.1 Å². The molecule has 1 aromatic rings. The number of halogens is 2. The van der Waals surface area contributed by atoms with Crippen molar-refractivity contribution in [1.82, 2.24) is 14.9 Å². The molecule has 0 saturated carbocycles. The van der Waals surface area contributed by atoms with Crippen LogP contribution in [0, 0.1) is 18.3 Å². The van der Waals surface area contributed by atoms with E-state index >= 15 is 0 Å². The van der Waals surface area contributed by atoms with Gasteiger partial charge in [-0.2, -0.15) is 5.26 Å². The van der Waals surface area contributed by atoms with Gasteiger partial charge in [0.1, 0.15) is 0 Å². The van der Waals surface area contributed by atoms with E-state index in [0.717, 1.165) is 26.2 Å². The van der Waals surface area contributed by atoms with Gasteiger partial charge in [0.15, 0.2) is 0 Å². The summed E-state index contributed by atoms with van der Waals surface area (Å²) >= 11 is 0. The molecular formula is C14H22Cl2N4O2S. The second kappa shape index (κ2) is 10.1. The molecule has 0 unspecified atom stereocenters. The highest BCUT2D eigenvalue weighted by Gasteiger charge is 2.17. The summed E-state index contributed by atoms with van der Waals surface area (Å²) in [5.41, 5.74) is 1.05. The van der Waals surface area contributed by atoms with Crippen LogP contribution in [0.25, 0.3) is 0 Å². The molecule has 130 valence electrons. The maximum atomic E-state index is 12.3. The van der Waals surface area contributed by atoms with Gasteiger partial charge in [0.05, 0.1) is 16.5 Å². The van der Waals surface area contributed by atoms with Crippen LogP contribution in [0.5, 0.6) is 0 Å². The molecule has 0 amide bonds. The normalized spacial score (nSPS) is 15.1. The number of aryl methyl sites for hydroxylation is 1. The summed E-state index contributed by atoms with van der Waals surface area (Å²) < 4.78 is 27.2. The molecule has 23 heavy (non-hydrogen) atoms. The lowest BCUT2D eigenvalue weighted by Gasteiger charge is -2.27. The maximum absolute atomic E-state index is 12.3. The molecule has 9 heteroatoms. The predicted octanol–water partition coefficient (Wildman–Crippen LogP) is 0.894. The van der Waals surface area contributed by atoms with E-state index in [4.69, 9.17) is 5.26 Å². The first-order valence-corrected chi connectivity index (χ1v) is 8.45. The molecule has 1 fully saturated rings. The summed E-state index contributed by atoms with van der Waals surface area (Å²) in [6.45, 7) is 6.57. The van der Waals surface area contributed by atoms with E-state index in [1.54, 1.807) is 13.0 Å². The molecule has 0 radical (unpaired) electrons. The SMILES string of the molecule is Cc1cc(C#N)ccc1S(=O)(=O)NCCN1CCNCC1.Cl.Cl. The van der Waals surface area contributed by atoms with Gasteiger partial charge in [-0.15, -0.1) is 24.8 Å². The Labute approximate surface area is 150 Å². The van der Waals surface area contributed by atoms with Gasteiger partial charge < -0.3 is 5.32 Å². The lowest BCUT2D eigenvalue weighted by atomic mass is 10.2. The molecule has 2 N–H and O–H groups in total. The minimum Gasteiger partial charge on any atom is -0.314 e. The van der Waals surface area contributed by atoms with E-state index in [-0.39, 0.29) is 29.7 Å². The van der Waals surface area contributed by atoms with Crippen molar-refractivity contribution in [1.29, 1.82) is 5.26 Å². The number of hydrogen-bond donors (Lipinski definition) is 2. The van der Waals surface area contributed by atoms with Gasteiger partial charge in [0.25, 0.3) is 0 Å². The summed E-state index contributed by atoms with van der Waals surface area (Å²) in [6, 6.07) is 6.61. The fraction of sp³-hybridized carbons (Fsp3) is 0.500. The van der Waals surface area contributed by atoms with Crippen molar-refractivity contribution in [2.24, 2.45) is 0 Å². The molecule has 1 aliphatic rings. The number of sulfonamides is 1. The minimum absolute atomic E-state index is 0. The second-order valence-corrected chi connectivity index (χ2v) is 6.82. The topological polar surface area (TPSA) is 85.2 Å². The number of piperazine rings is 1. The Morgan fingerprint density at radius 3 is 2.52 bits per heavy atom. The first kappa shape index (κ1) is 22.1. The van der Waals surface area contributed by atoms with E-state index in [0.29, 0.717) is 24.2 Å². The Morgan fingerprint density at radius 2 is 1.96 bits per heavy atom. The fourth-order valence-electron chi connectivity index (χ4n) is 2.37. The zero-order valence-corrected chi connectivity index (χ0v) is 15.4. The Hall–Kier alpha value is -0.880. The Balaban J connectivity index is 0.00000242. The van der Waals surface area contributed by atoms with Crippen molar-refractivity contribution < 1.29 is 8.42 Å². The van der Waals surface area contributed by atoms with Crippen molar-refractivity contribution in [3.8, 4) is 6.07 Å². The van der Waals surface area contributed by atoms with Crippen molar-refractivity contribution in [3.05, 3.63) is 29.3 Å². The highest BCUT2D eigenvalue weighted by molar-refractivity contribution is 7.89. The van der Waals surface area contributed by atoms with Crippen LogP contribution < -0.4 is 10.0 Å². The quantitative estimate of drug-likeness (QED) is 0.792. The molecule has 2 rings (SSSR count). The predicted molar refractivity (Wildman–Crippen MR) is 94.9 cm³/mol. The number of nitriles is 1. The Kier molecular flexibility index (Phi) is 9.70. The summed E-state index contributed by atoms with van der Waals surface area (Å²) in [5.74, 6) is 0. The van der Waals surface area contributed by atoms with Crippen LogP contribution in [0.2, 0.25) is 0 Å². The average molecular weight is 381 g/mol. The molecule has 0 spiro atoms. The summed E-state index contributed by atoms with van der Waals surface area (Å²) in [5, 5.41) is 12.1. The number of rotatable bonds is 5. The molecule has 0 aromatic heterocycles. The van der Waals surface area contributed by atoms with Crippen LogP contribution in [0.4, 0.5) is 0 Å². The van der Waals surface area contributed by atoms with Crippen LogP contribution in [0.3, 0.4) is 0 Å². The van der Waals surface area contributed by atoms with Crippen LogP contribution in [0.1, 0.15) is 11.1 Å². The van der Waals surface area contributed by atoms with Gasteiger partial charge in [0, 0.05) is 39.3 Å². The van der Waals surface area contributed by atoms with E-state index in [9.17, 15) is 8.42 Å². The molecule has 1 aliphatic heterocycles. The average Bonchev–Trinajstić information content (AvgIpc) is 2.47. The number of benzene rings is 1. The zero-order chi connectivity index (χ0) is 15.3. The highest BCUT2D eigenvalue weighted by Crippen LogP contribution is 2.16. The molecule has 0 aliphatic carbocycles. The molecule has 1 aromatic carbocycles. The van der Waals surface area contributed by atoms with Crippen molar-refractivity contribution in [2.45, 2.75) is 11.8 Å². The standard InChI is InChI=1S/C14H20N4O2S.2ClH/c1-12-10-13(11-15)2-3-14(12)21(19,20)17-6-9-18-7-4-16-5-8-18;;/h2-3,10,16-17H,4-9H2,1H3;2*1H. The van der Waals surface area contributed by atoms with E-state index < -0.39 is 10.0 Å². The van der Waals surface area contributed by atoms with Gasteiger partial charge >= 0.3 is 0 Å². The first-order chi connectivity index (χ1) is 10.0. The lowest BCUT2D eigenvalue weighted by molar-refractivity contribution is 0.245. The largest absolute Gasteiger partial charge is 0.314 e. The molecular weight excluding hydrogens is 359 g/mol. The molecule has 6 nitrogen and oxygen atoms in total. The molecule has 0 bridgehead atoms. The first-order valence-electron chi connectivity index (χ1n) is 6.96. The molecule has 1 heterocycles. The lowest BCUT2D eigenvalue weighted by Crippen LogP contribution is -2.46. The summed E-state index contributed by atoms with van der Waals surface area (Å²) in [7, 11) is -3.52. The van der Waals surface area contributed by atoms with Crippen LogP contribution in [-0.4, -0.2) is 52.6 Å². The van der Waals surface area contributed by atoms with Gasteiger partial charge in [0.2, 0.25) is 10.0 Å². The van der Waals surface area contributed by atoms with Gasteiger partial charge in [-0.1, -0.05) is 0 Å². The van der Waals surface area contributed by atoms with Gasteiger partial charge in [-0.05, 0) is 30.7 Å². The third-order valence-corrected chi connectivity index (χ3v) is 5.14. The maximum Gasteiger partial charge on any atom is 0.240 e. The second-order valence-electron chi connectivity index (χ2n) is 5.08. The van der Waals surface area contributed by atoms with Crippen LogP contribution in [-0.2, 0) is 10.0 Å². The third kappa shape index (κ3) is 6.26. The number of hydrogen-bond acceptors (Lipinski definition) is 5. The van der Waals surface area contributed by atoms with Gasteiger partial charge in [-0.25, -0.2) is 13.1 Å². The van der Waals surface area contributed by atoms with Gasteiger partial charge in [-0.3, -0.25) is 4.90 Å². The van der Waals surface area contributed by atoms with Crippen molar-refractivity contribution >= 4 is 34.8 Å². The summed E-state index contributed by atoms with van der Waals surface area (Å²) in [4.78, 5) is 2.46. The van der Waals surface area contributed by atoms with Crippen LogP contribution >= 0.6 is 24.8 Å². The number of nitrogens with one attached hydrogen (secondary N) is 2. The van der Waals surface area contributed by atoms with E-state index in [1.165, 1.54) is 12.1 Å². The Bertz CT molecular complexity index is 641. The Morgan fingerprint density at radius 1 is 1.30 bits per heavy atom. The monoisotopic (exact) mass is 380 g/mol. The molecule has 0 atom stereocenters. The van der Waals surface area contributed by atoms with E-state index in [2.05, 4.69) is 14.9 Å². The number of nitrogens with zero attached hydrogens (tertiary/aromatic N) is 2. The third-order valence-electron chi connectivity index (χ3n) is 3.52. The van der Waals surface area contributed by atoms with Crippen molar-refractivity contribution in [3.63, 3.8) is 0 Å². The van der Waals surface area contributed by atoms with Crippen molar-refractivity contribution in [2.75, 3.05) is 39.3 Å². The van der Waals surface area contributed by atoms with E-state index in [1.807, 2.05) is 6.07 Å². The fourth-order valence-corrected chi connectivity index (χ4v) is 3.62. The minimum atomic E-state index is -3.52. The zero-order valence-electron chi connectivity index (χ0n) is 12.9. The smallest absolute Gasteiger partial charge is 0.240 e. The molecule has 1 saturated heterocycles. The summed E-state index contributed by atoms with van der Waals surface area (Å²) in [6.07, 6.45) is 0.